The minimum atomic E-state index is -0.989. The third kappa shape index (κ3) is 8.43. The number of ketones is 1. The molecular formula is C21H32O4. The standard InChI is InChI=1S/C21H32O4/c1-3-4-5-12-19(23)18-11-7-6-10-17(18)14-15-21(25)20(24)13-8-9-16(2)22/h6-7,10-11,14-15,19-21,23-25H,3-5,8-9,12-13H2,1-2H3/b15-14+/t19-,20+,21-/m1/s1. The SMILES string of the molecule is CCCCC[C@@H](O)c1ccccc1/C=C/[C@@H](O)[C@@H](O)CCCC(C)=O. The minimum Gasteiger partial charge on any atom is -0.390 e. The lowest BCUT2D eigenvalue weighted by atomic mass is 9.97. The highest BCUT2D eigenvalue weighted by atomic mass is 16.3. The number of unbranched alkanes of at least 4 members (excludes halogenated alkanes) is 2. The second kappa shape index (κ2) is 12.0. The molecule has 0 fully saturated rings. The highest BCUT2D eigenvalue weighted by Gasteiger charge is 2.14. The van der Waals surface area contributed by atoms with Gasteiger partial charge in [-0.25, -0.2) is 0 Å². The quantitative estimate of drug-likeness (QED) is 0.502. The Labute approximate surface area is 151 Å². The molecule has 0 aliphatic heterocycles. The van der Waals surface area contributed by atoms with Gasteiger partial charge in [0, 0.05) is 6.42 Å². The molecule has 3 N–H and O–H groups in total. The number of carbonyl (C=O) groups is 1. The molecule has 4 nitrogen and oxygen atoms in total. The lowest BCUT2D eigenvalue weighted by molar-refractivity contribution is -0.117. The van der Waals surface area contributed by atoms with Gasteiger partial charge in [0.05, 0.1) is 18.3 Å². The van der Waals surface area contributed by atoms with Gasteiger partial charge in [0.25, 0.3) is 0 Å². The van der Waals surface area contributed by atoms with Crippen LogP contribution in [0.4, 0.5) is 0 Å². The number of Topliss-reactive ketones (excluding diaryl/α,β-unsaturated/α-hetero) is 1. The molecule has 3 atom stereocenters. The van der Waals surface area contributed by atoms with Crippen LogP contribution < -0.4 is 0 Å². The summed E-state index contributed by atoms with van der Waals surface area (Å²) in [6, 6.07) is 7.57. The third-order valence-corrected chi connectivity index (χ3v) is 4.33. The Balaban J connectivity index is 2.65. The molecule has 0 aromatic heterocycles. The smallest absolute Gasteiger partial charge is 0.129 e. The molecule has 4 heteroatoms. The van der Waals surface area contributed by atoms with Crippen LogP contribution in [0.2, 0.25) is 0 Å². The van der Waals surface area contributed by atoms with Gasteiger partial charge in [-0.05, 0) is 37.3 Å². The van der Waals surface area contributed by atoms with E-state index in [1.165, 1.54) is 6.92 Å². The van der Waals surface area contributed by atoms with Crippen LogP contribution in [0, 0.1) is 0 Å². The van der Waals surface area contributed by atoms with Crippen molar-refractivity contribution in [1.82, 2.24) is 0 Å². The fraction of sp³-hybridized carbons (Fsp3) is 0.571. The van der Waals surface area contributed by atoms with E-state index in [0.29, 0.717) is 19.3 Å². The molecule has 0 amide bonds. The van der Waals surface area contributed by atoms with Crippen molar-refractivity contribution in [3.05, 3.63) is 41.5 Å². The summed E-state index contributed by atoms with van der Waals surface area (Å²) in [6.07, 6.45) is 6.16. The van der Waals surface area contributed by atoms with Crippen LogP contribution in [0.15, 0.2) is 30.3 Å². The first kappa shape index (κ1) is 21.6. The summed E-state index contributed by atoms with van der Waals surface area (Å²) in [6.45, 7) is 3.65. The van der Waals surface area contributed by atoms with Crippen molar-refractivity contribution in [1.29, 1.82) is 0 Å². The number of aliphatic hydroxyl groups excluding tert-OH is 3. The van der Waals surface area contributed by atoms with Crippen LogP contribution in [0.5, 0.6) is 0 Å². The van der Waals surface area contributed by atoms with Gasteiger partial charge in [0.15, 0.2) is 0 Å². The Hall–Kier alpha value is -1.49. The molecule has 1 aromatic carbocycles. The molecule has 25 heavy (non-hydrogen) atoms. The zero-order chi connectivity index (χ0) is 18.7. The Morgan fingerprint density at radius 1 is 1.08 bits per heavy atom. The third-order valence-electron chi connectivity index (χ3n) is 4.33. The first-order chi connectivity index (χ1) is 12.0. The maximum atomic E-state index is 10.9. The van der Waals surface area contributed by atoms with Gasteiger partial charge in [-0.3, -0.25) is 0 Å². The van der Waals surface area contributed by atoms with E-state index in [0.717, 1.165) is 36.8 Å². The Morgan fingerprint density at radius 3 is 2.48 bits per heavy atom. The van der Waals surface area contributed by atoms with Crippen molar-refractivity contribution in [2.75, 3.05) is 0 Å². The highest BCUT2D eigenvalue weighted by molar-refractivity contribution is 5.75. The largest absolute Gasteiger partial charge is 0.390 e. The molecular weight excluding hydrogens is 316 g/mol. The summed E-state index contributed by atoms with van der Waals surface area (Å²) in [5.74, 6) is 0.0863. The summed E-state index contributed by atoms with van der Waals surface area (Å²) in [7, 11) is 0. The minimum absolute atomic E-state index is 0.0863. The molecule has 0 unspecified atom stereocenters. The van der Waals surface area contributed by atoms with Crippen LogP contribution in [-0.2, 0) is 4.79 Å². The van der Waals surface area contributed by atoms with E-state index in [4.69, 9.17) is 0 Å². The van der Waals surface area contributed by atoms with Crippen LogP contribution in [-0.4, -0.2) is 33.3 Å². The molecule has 0 aliphatic rings. The van der Waals surface area contributed by atoms with Gasteiger partial charge in [-0.2, -0.15) is 0 Å². The molecule has 0 heterocycles. The fourth-order valence-corrected chi connectivity index (χ4v) is 2.77. The highest BCUT2D eigenvalue weighted by Crippen LogP contribution is 2.24. The van der Waals surface area contributed by atoms with Gasteiger partial charge in [-0.15, -0.1) is 0 Å². The van der Waals surface area contributed by atoms with Gasteiger partial charge in [0.1, 0.15) is 5.78 Å². The first-order valence-electron chi connectivity index (χ1n) is 9.26. The lowest BCUT2D eigenvalue weighted by Crippen LogP contribution is -2.23. The maximum absolute atomic E-state index is 10.9. The van der Waals surface area contributed by atoms with Crippen LogP contribution in [0.1, 0.15) is 76.0 Å². The second-order valence-corrected chi connectivity index (χ2v) is 6.65. The molecule has 0 aliphatic carbocycles. The number of hydrogen-bond acceptors (Lipinski definition) is 4. The van der Waals surface area contributed by atoms with Crippen molar-refractivity contribution in [3.63, 3.8) is 0 Å². The summed E-state index contributed by atoms with van der Waals surface area (Å²) >= 11 is 0. The number of aliphatic hydroxyl groups is 3. The summed E-state index contributed by atoms with van der Waals surface area (Å²) in [4.78, 5) is 10.9. The van der Waals surface area contributed by atoms with E-state index in [-0.39, 0.29) is 5.78 Å². The Bertz CT molecular complexity index is 538. The fourth-order valence-electron chi connectivity index (χ4n) is 2.77. The predicted molar refractivity (Wildman–Crippen MR) is 101 cm³/mol. The van der Waals surface area contributed by atoms with E-state index in [1.54, 1.807) is 12.2 Å². The summed E-state index contributed by atoms with van der Waals surface area (Å²) < 4.78 is 0. The molecule has 1 aromatic rings. The van der Waals surface area contributed by atoms with Gasteiger partial charge < -0.3 is 20.1 Å². The molecule has 0 radical (unpaired) electrons. The zero-order valence-corrected chi connectivity index (χ0v) is 15.4. The zero-order valence-electron chi connectivity index (χ0n) is 15.4. The topological polar surface area (TPSA) is 77.8 Å². The van der Waals surface area contributed by atoms with Gasteiger partial charge in [0.2, 0.25) is 0 Å². The van der Waals surface area contributed by atoms with Crippen molar-refractivity contribution in [2.45, 2.75) is 77.1 Å². The summed E-state index contributed by atoms with van der Waals surface area (Å²) in [5, 5.41) is 30.4. The maximum Gasteiger partial charge on any atom is 0.129 e. The monoisotopic (exact) mass is 348 g/mol. The average molecular weight is 348 g/mol. The average Bonchev–Trinajstić information content (AvgIpc) is 2.59. The Morgan fingerprint density at radius 2 is 1.80 bits per heavy atom. The van der Waals surface area contributed by atoms with Gasteiger partial charge >= 0.3 is 0 Å². The number of carbonyl (C=O) groups excluding carboxylic acids is 1. The van der Waals surface area contributed by atoms with Crippen molar-refractivity contribution >= 4 is 11.9 Å². The lowest BCUT2D eigenvalue weighted by Gasteiger charge is -2.16. The molecule has 0 spiro atoms. The molecule has 140 valence electrons. The van der Waals surface area contributed by atoms with Crippen molar-refractivity contribution in [2.24, 2.45) is 0 Å². The number of hydrogen-bond donors (Lipinski definition) is 3. The molecule has 0 saturated carbocycles. The van der Waals surface area contributed by atoms with E-state index in [9.17, 15) is 20.1 Å². The van der Waals surface area contributed by atoms with E-state index in [1.807, 2.05) is 24.3 Å². The number of rotatable bonds is 12. The van der Waals surface area contributed by atoms with E-state index in [2.05, 4.69) is 6.92 Å². The van der Waals surface area contributed by atoms with E-state index >= 15 is 0 Å². The Kier molecular flexibility index (Phi) is 10.3. The summed E-state index contributed by atoms with van der Waals surface area (Å²) in [5.41, 5.74) is 1.69. The van der Waals surface area contributed by atoms with Crippen LogP contribution >= 0.6 is 0 Å². The number of benzene rings is 1. The normalized spacial score (nSPS) is 15.2. The molecule has 0 saturated heterocycles. The van der Waals surface area contributed by atoms with E-state index < -0.39 is 18.3 Å². The van der Waals surface area contributed by atoms with Crippen LogP contribution in [0.25, 0.3) is 6.08 Å². The van der Waals surface area contributed by atoms with Crippen LogP contribution in [0.3, 0.4) is 0 Å². The predicted octanol–water partition coefficient (Wildman–Crippen LogP) is 3.79. The first-order valence-corrected chi connectivity index (χ1v) is 9.26. The van der Waals surface area contributed by atoms with Crippen molar-refractivity contribution < 1.29 is 20.1 Å². The van der Waals surface area contributed by atoms with Gasteiger partial charge in [-0.1, -0.05) is 62.6 Å². The molecule has 0 bridgehead atoms. The molecule has 1 rings (SSSR count). The van der Waals surface area contributed by atoms with Crippen molar-refractivity contribution in [3.8, 4) is 0 Å². The second-order valence-electron chi connectivity index (χ2n) is 6.65.